The summed E-state index contributed by atoms with van der Waals surface area (Å²) in [6, 6.07) is 19.2. The standard InChI is InChI=1S/C25H23N5O2/c1-17-4-10-21(11-5-17)30-24(19-6-7-19)23(28-29-30)25(31)27-20-8-12-22(13-9-20)32-16-18-3-2-14-26-15-18/h2-5,8-15,19H,6-7,16H2,1H3,(H,27,31). The Morgan fingerprint density at radius 2 is 1.88 bits per heavy atom. The fourth-order valence-corrected chi connectivity index (χ4v) is 3.53. The monoisotopic (exact) mass is 425 g/mol. The normalized spacial score (nSPS) is 13.0. The SMILES string of the molecule is Cc1ccc(-n2nnc(C(=O)Nc3ccc(OCc4cccnc4)cc3)c2C2CC2)cc1. The van der Waals surface area contributed by atoms with Crippen molar-refractivity contribution >= 4 is 11.6 Å². The largest absolute Gasteiger partial charge is 0.489 e. The predicted octanol–water partition coefficient (Wildman–Crippen LogP) is 4.68. The van der Waals surface area contributed by atoms with Crippen molar-refractivity contribution in [2.24, 2.45) is 0 Å². The summed E-state index contributed by atoms with van der Waals surface area (Å²) < 4.78 is 7.57. The van der Waals surface area contributed by atoms with Crippen LogP contribution >= 0.6 is 0 Å². The van der Waals surface area contributed by atoms with E-state index in [1.807, 2.05) is 67.6 Å². The molecule has 1 fully saturated rings. The molecule has 4 aromatic rings. The first-order valence-electron chi connectivity index (χ1n) is 10.6. The highest BCUT2D eigenvalue weighted by molar-refractivity contribution is 6.03. The molecule has 0 bridgehead atoms. The van der Waals surface area contributed by atoms with E-state index in [0.29, 0.717) is 23.9 Å². The number of pyridine rings is 1. The van der Waals surface area contributed by atoms with Gasteiger partial charge in [0.2, 0.25) is 0 Å². The van der Waals surface area contributed by atoms with Crippen molar-refractivity contribution in [1.29, 1.82) is 0 Å². The average Bonchev–Trinajstić information content (AvgIpc) is 3.57. The van der Waals surface area contributed by atoms with Gasteiger partial charge in [0.25, 0.3) is 5.91 Å². The number of anilines is 1. The molecule has 7 nitrogen and oxygen atoms in total. The van der Waals surface area contributed by atoms with Crippen LogP contribution in [0.1, 0.15) is 46.1 Å². The van der Waals surface area contributed by atoms with E-state index >= 15 is 0 Å². The third-order valence-electron chi connectivity index (χ3n) is 5.40. The number of aromatic nitrogens is 4. The summed E-state index contributed by atoms with van der Waals surface area (Å²) >= 11 is 0. The molecule has 2 heterocycles. The van der Waals surface area contributed by atoms with Gasteiger partial charge in [0, 0.05) is 29.6 Å². The zero-order chi connectivity index (χ0) is 21.9. The number of amides is 1. The number of benzene rings is 2. The van der Waals surface area contributed by atoms with E-state index in [2.05, 4.69) is 20.6 Å². The van der Waals surface area contributed by atoms with Gasteiger partial charge in [0.15, 0.2) is 5.69 Å². The number of carbonyl (C=O) groups excluding carboxylic acids is 1. The maximum Gasteiger partial charge on any atom is 0.278 e. The number of hydrogen-bond acceptors (Lipinski definition) is 5. The molecule has 2 aromatic carbocycles. The van der Waals surface area contributed by atoms with Gasteiger partial charge in [-0.1, -0.05) is 29.0 Å². The Hall–Kier alpha value is -4.00. The highest BCUT2D eigenvalue weighted by atomic mass is 16.5. The van der Waals surface area contributed by atoms with Crippen LogP contribution in [0, 0.1) is 6.92 Å². The first kappa shape index (κ1) is 19.9. The van der Waals surface area contributed by atoms with Gasteiger partial charge in [0.05, 0.1) is 11.4 Å². The molecule has 0 saturated heterocycles. The lowest BCUT2D eigenvalue weighted by molar-refractivity contribution is 0.102. The van der Waals surface area contributed by atoms with Crippen molar-refractivity contribution in [2.75, 3.05) is 5.32 Å². The second kappa shape index (κ2) is 8.63. The molecule has 1 N–H and O–H groups in total. The zero-order valence-electron chi connectivity index (χ0n) is 17.7. The highest BCUT2D eigenvalue weighted by Gasteiger charge is 2.34. The number of hydrogen-bond donors (Lipinski definition) is 1. The summed E-state index contributed by atoms with van der Waals surface area (Å²) in [6.45, 7) is 2.48. The maximum absolute atomic E-state index is 13.0. The Morgan fingerprint density at radius 3 is 2.56 bits per heavy atom. The Labute approximate surface area is 186 Å². The van der Waals surface area contributed by atoms with Crippen molar-refractivity contribution < 1.29 is 9.53 Å². The lowest BCUT2D eigenvalue weighted by Crippen LogP contribution is -2.15. The second-order valence-electron chi connectivity index (χ2n) is 7.97. The van der Waals surface area contributed by atoms with Crippen molar-refractivity contribution in [3.8, 4) is 11.4 Å². The van der Waals surface area contributed by atoms with E-state index in [-0.39, 0.29) is 5.91 Å². The summed E-state index contributed by atoms with van der Waals surface area (Å²) in [5, 5.41) is 11.4. The molecule has 1 amide bonds. The summed E-state index contributed by atoms with van der Waals surface area (Å²) in [6.07, 6.45) is 5.59. The number of aryl methyl sites for hydroxylation is 1. The van der Waals surface area contributed by atoms with Crippen LogP contribution in [0.15, 0.2) is 73.1 Å². The van der Waals surface area contributed by atoms with Gasteiger partial charge in [-0.2, -0.15) is 0 Å². The Balaban J connectivity index is 1.29. The van der Waals surface area contributed by atoms with E-state index in [9.17, 15) is 4.79 Å². The molecule has 0 unspecified atom stereocenters. The predicted molar refractivity (Wildman–Crippen MR) is 121 cm³/mol. The second-order valence-corrected chi connectivity index (χ2v) is 7.97. The first-order valence-corrected chi connectivity index (χ1v) is 10.6. The van der Waals surface area contributed by atoms with Crippen LogP contribution in [0.25, 0.3) is 5.69 Å². The van der Waals surface area contributed by atoms with Crippen molar-refractivity contribution in [1.82, 2.24) is 20.0 Å². The van der Waals surface area contributed by atoms with Gasteiger partial charge >= 0.3 is 0 Å². The number of nitrogens with zero attached hydrogens (tertiary/aromatic N) is 4. The van der Waals surface area contributed by atoms with Crippen LogP contribution in [0.4, 0.5) is 5.69 Å². The molecule has 0 radical (unpaired) electrons. The summed E-state index contributed by atoms with van der Waals surface area (Å²) in [4.78, 5) is 17.1. The Morgan fingerprint density at radius 1 is 1.09 bits per heavy atom. The van der Waals surface area contributed by atoms with Crippen LogP contribution in [0.5, 0.6) is 5.75 Å². The molecule has 2 aromatic heterocycles. The fraction of sp³-hybridized carbons (Fsp3) is 0.200. The third-order valence-corrected chi connectivity index (χ3v) is 5.40. The summed E-state index contributed by atoms with van der Waals surface area (Å²) in [5.41, 5.74) is 5.02. The van der Waals surface area contributed by atoms with Crippen LogP contribution < -0.4 is 10.1 Å². The number of nitrogens with one attached hydrogen (secondary N) is 1. The number of rotatable bonds is 7. The van der Waals surface area contributed by atoms with Crippen LogP contribution in [-0.4, -0.2) is 25.9 Å². The van der Waals surface area contributed by atoms with Crippen molar-refractivity contribution in [3.63, 3.8) is 0 Å². The minimum Gasteiger partial charge on any atom is -0.489 e. The molecule has 0 atom stereocenters. The van der Waals surface area contributed by atoms with E-state index < -0.39 is 0 Å². The molecule has 5 rings (SSSR count). The van der Waals surface area contributed by atoms with Crippen molar-refractivity contribution in [3.05, 3.63) is 95.6 Å². The molecular weight excluding hydrogens is 402 g/mol. The number of ether oxygens (including phenoxy) is 1. The van der Waals surface area contributed by atoms with Gasteiger partial charge in [-0.05, 0) is 62.2 Å². The molecule has 0 aliphatic heterocycles. The molecule has 1 saturated carbocycles. The minimum atomic E-state index is -0.255. The fourth-order valence-electron chi connectivity index (χ4n) is 3.53. The Bertz CT molecular complexity index is 1210. The third kappa shape index (κ3) is 4.37. The van der Waals surface area contributed by atoms with E-state index in [1.165, 1.54) is 5.56 Å². The van der Waals surface area contributed by atoms with Gasteiger partial charge in [-0.25, -0.2) is 4.68 Å². The Kier molecular flexibility index (Phi) is 5.37. The molecule has 7 heteroatoms. The van der Waals surface area contributed by atoms with Crippen molar-refractivity contribution in [2.45, 2.75) is 32.3 Å². The van der Waals surface area contributed by atoms with Crippen LogP contribution in [-0.2, 0) is 6.61 Å². The summed E-state index contributed by atoms with van der Waals surface area (Å²) in [7, 11) is 0. The molecular formula is C25H23N5O2. The molecule has 32 heavy (non-hydrogen) atoms. The van der Waals surface area contributed by atoms with E-state index in [1.54, 1.807) is 17.1 Å². The van der Waals surface area contributed by atoms with Crippen LogP contribution in [0.3, 0.4) is 0 Å². The van der Waals surface area contributed by atoms with E-state index in [0.717, 1.165) is 35.5 Å². The maximum atomic E-state index is 13.0. The highest BCUT2D eigenvalue weighted by Crippen LogP contribution is 2.42. The van der Waals surface area contributed by atoms with E-state index in [4.69, 9.17) is 4.74 Å². The van der Waals surface area contributed by atoms with Gasteiger partial charge in [-0.15, -0.1) is 5.10 Å². The van der Waals surface area contributed by atoms with Gasteiger partial charge in [-0.3, -0.25) is 9.78 Å². The molecule has 160 valence electrons. The van der Waals surface area contributed by atoms with Gasteiger partial charge < -0.3 is 10.1 Å². The summed E-state index contributed by atoms with van der Waals surface area (Å²) in [5.74, 6) is 0.778. The quantitative estimate of drug-likeness (QED) is 0.465. The topological polar surface area (TPSA) is 81.9 Å². The first-order chi connectivity index (χ1) is 15.7. The van der Waals surface area contributed by atoms with Crippen LogP contribution in [0.2, 0.25) is 0 Å². The van der Waals surface area contributed by atoms with Gasteiger partial charge in [0.1, 0.15) is 12.4 Å². The lowest BCUT2D eigenvalue weighted by Gasteiger charge is -2.09. The molecule has 1 aliphatic carbocycles. The molecule has 0 spiro atoms. The smallest absolute Gasteiger partial charge is 0.278 e. The number of carbonyl (C=O) groups is 1. The minimum absolute atomic E-state index is 0.255. The lowest BCUT2D eigenvalue weighted by atomic mass is 10.2. The molecule has 1 aliphatic rings. The average molecular weight is 425 g/mol. The zero-order valence-corrected chi connectivity index (χ0v) is 17.7.